The Morgan fingerprint density at radius 3 is 3.09 bits per heavy atom. The van der Waals surface area contributed by atoms with E-state index in [2.05, 4.69) is 5.32 Å². The number of fused-ring (bicyclic) bond motifs is 1. The minimum atomic E-state index is -0.240. The van der Waals surface area contributed by atoms with Gasteiger partial charge in [0.25, 0.3) is 0 Å². The summed E-state index contributed by atoms with van der Waals surface area (Å²) in [6.45, 7) is 3.32. The lowest BCUT2D eigenvalue weighted by Gasteiger charge is -2.10. The van der Waals surface area contributed by atoms with E-state index in [1.807, 2.05) is 6.92 Å². The summed E-state index contributed by atoms with van der Waals surface area (Å²) in [6.07, 6.45) is 2.13. The molecule has 2 atom stereocenters. The number of hydrogen-bond acceptors (Lipinski definition) is 3. The molecule has 2 rings (SSSR count). The SMILES string of the molecule is CCOC(=O)[C@@]12C[C@H]1CCN2. The number of nitrogens with one attached hydrogen (secondary N) is 1. The molecule has 0 amide bonds. The largest absolute Gasteiger partial charge is 0.465 e. The number of rotatable bonds is 2. The van der Waals surface area contributed by atoms with E-state index in [0.29, 0.717) is 12.5 Å². The van der Waals surface area contributed by atoms with E-state index in [9.17, 15) is 4.79 Å². The van der Waals surface area contributed by atoms with Crippen molar-refractivity contribution < 1.29 is 9.53 Å². The van der Waals surface area contributed by atoms with Crippen LogP contribution in [0.25, 0.3) is 0 Å². The van der Waals surface area contributed by atoms with Crippen LogP contribution in [0.3, 0.4) is 0 Å². The number of piperidine rings is 1. The Labute approximate surface area is 66.1 Å². The minimum Gasteiger partial charge on any atom is -0.465 e. The minimum absolute atomic E-state index is 0.0394. The Kier molecular flexibility index (Phi) is 1.42. The summed E-state index contributed by atoms with van der Waals surface area (Å²) in [6, 6.07) is 0. The van der Waals surface area contributed by atoms with Crippen molar-refractivity contribution in [3.8, 4) is 0 Å². The number of esters is 1. The van der Waals surface area contributed by atoms with Crippen LogP contribution in [0.1, 0.15) is 19.8 Å². The third kappa shape index (κ3) is 0.872. The van der Waals surface area contributed by atoms with E-state index in [1.54, 1.807) is 0 Å². The molecule has 0 aromatic rings. The zero-order valence-electron chi connectivity index (χ0n) is 6.72. The molecule has 2 fully saturated rings. The Morgan fingerprint density at radius 2 is 2.64 bits per heavy atom. The molecule has 1 N–H and O–H groups in total. The summed E-state index contributed by atoms with van der Waals surface area (Å²) in [5.74, 6) is 0.532. The zero-order chi connectivity index (χ0) is 7.90. The molecule has 1 saturated carbocycles. The van der Waals surface area contributed by atoms with Crippen molar-refractivity contribution in [1.29, 1.82) is 0 Å². The van der Waals surface area contributed by atoms with Gasteiger partial charge in [0, 0.05) is 0 Å². The predicted octanol–water partition coefficient (Wildman–Crippen LogP) is 0.301. The monoisotopic (exact) mass is 155 g/mol. The highest BCUT2D eigenvalue weighted by Crippen LogP contribution is 2.50. The molecule has 0 aromatic heterocycles. The lowest BCUT2D eigenvalue weighted by atomic mass is 10.2. The normalized spacial score (nSPS) is 39.9. The van der Waals surface area contributed by atoms with Gasteiger partial charge in [0.1, 0.15) is 5.54 Å². The lowest BCUT2D eigenvalue weighted by Crippen LogP contribution is -2.38. The number of carbonyl (C=O) groups excluding carboxylic acids is 1. The first-order chi connectivity index (χ1) is 5.29. The van der Waals surface area contributed by atoms with Gasteiger partial charge in [-0.05, 0) is 32.2 Å². The van der Waals surface area contributed by atoms with Gasteiger partial charge >= 0.3 is 5.97 Å². The Hall–Kier alpha value is -0.570. The molecule has 0 spiro atoms. The van der Waals surface area contributed by atoms with Crippen LogP contribution in [0, 0.1) is 5.92 Å². The average molecular weight is 155 g/mol. The second-order valence-electron chi connectivity index (χ2n) is 3.31. The first-order valence-electron chi connectivity index (χ1n) is 4.22. The van der Waals surface area contributed by atoms with Crippen LogP contribution >= 0.6 is 0 Å². The highest BCUT2D eigenvalue weighted by atomic mass is 16.5. The highest BCUT2D eigenvalue weighted by molar-refractivity contribution is 5.85. The van der Waals surface area contributed by atoms with Gasteiger partial charge in [-0.25, -0.2) is 0 Å². The summed E-state index contributed by atoms with van der Waals surface area (Å²) < 4.78 is 4.97. The van der Waals surface area contributed by atoms with E-state index >= 15 is 0 Å². The summed E-state index contributed by atoms with van der Waals surface area (Å²) >= 11 is 0. The number of hydrogen-bond donors (Lipinski definition) is 1. The molecule has 3 nitrogen and oxygen atoms in total. The quantitative estimate of drug-likeness (QED) is 0.583. The molecule has 0 aromatic carbocycles. The van der Waals surface area contributed by atoms with E-state index < -0.39 is 0 Å². The fourth-order valence-electron chi connectivity index (χ4n) is 1.95. The van der Waals surface area contributed by atoms with Crippen LogP contribution in [0.15, 0.2) is 0 Å². The molecule has 1 heterocycles. The molecular formula is C8H13NO2. The Balaban J connectivity index is 1.99. The molecule has 1 saturated heterocycles. The molecule has 1 aliphatic heterocycles. The van der Waals surface area contributed by atoms with E-state index in [-0.39, 0.29) is 11.5 Å². The van der Waals surface area contributed by atoms with Crippen molar-refractivity contribution in [2.45, 2.75) is 25.3 Å². The van der Waals surface area contributed by atoms with Crippen molar-refractivity contribution in [2.75, 3.05) is 13.2 Å². The second-order valence-corrected chi connectivity index (χ2v) is 3.31. The molecule has 11 heavy (non-hydrogen) atoms. The maximum Gasteiger partial charge on any atom is 0.326 e. The summed E-state index contributed by atoms with van der Waals surface area (Å²) in [5.41, 5.74) is -0.240. The Bertz CT molecular complexity index is 193. The molecule has 2 aliphatic rings. The van der Waals surface area contributed by atoms with E-state index in [1.165, 1.54) is 0 Å². The Morgan fingerprint density at radius 1 is 1.82 bits per heavy atom. The summed E-state index contributed by atoms with van der Waals surface area (Å²) in [5, 5.41) is 3.22. The van der Waals surface area contributed by atoms with Gasteiger partial charge in [0.15, 0.2) is 0 Å². The molecule has 62 valence electrons. The van der Waals surface area contributed by atoms with Gasteiger partial charge in [0.05, 0.1) is 6.61 Å². The van der Waals surface area contributed by atoms with Gasteiger partial charge in [-0.15, -0.1) is 0 Å². The molecular weight excluding hydrogens is 142 g/mol. The van der Waals surface area contributed by atoms with E-state index in [0.717, 1.165) is 19.4 Å². The fourth-order valence-corrected chi connectivity index (χ4v) is 1.95. The van der Waals surface area contributed by atoms with Gasteiger partial charge in [-0.3, -0.25) is 4.79 Å². The summed E-state index contributed by atoms with van der Waals surface area (Å²) in [7, 11) is 0. The van der Waals surface area contributed by atoms with Crippen molar-refractivity contribution in [1.82, 2.24) is 5.32 Å². The van der Waals surface area contributed by atoms with Crippen molar-refractivity contribution >= 4 is 5.97 Å². The average Bonchev–Trinajstić information content (AvgIpc) is 2.57. The third-order valence-electron chi connectivity index (χ3n) is 2.68. The zero-order valence-corrected chi connectivity index (χ0v) is 6.72. The molecule has 1 aliphatic carbocycles. The van der Waals surface area contributed by atoms with Crippen LogP contribution in [-0.4, -0.2) is 24.7 Å². The number of carbonyl (C=O) groups is 1. The first kappa shape index (κ1) is 7.10. The van der Waals surface area contributed by atoms with Crippen LogP contribution in [0.2, 0.25) is 0 Å². The van der Waals surface area contributed by atoms with Gasteiger partial charge in [0.2, 0.25) is 0 Å². The van der Waals surface area contributed by atoms with Gasteiger partial charge in [-0.1, -0.05) is 0 Å². The van der Waals surface area contributed by atoms with Crippen LogP contribution in [0.5, 0.6) is 0 Å². The first-order valence-corrected chi connectivity index (χ1v) is 4.22. The van der Waals surface area contributed by atoms with Crippen molar-refractivity contribution in [3.63, 3.8) is 0 Å². The lowest BCUT2D eigenvalue weighted by molar-refractivity contribution is -0.146. The number of ether oxygens (including phenoxy) is 1. The summed E-state index contributed by atoms with van der Waals surface area (Å²) in [4.78, 5) is 11.3. The fraction of sp³-hybridized carbons (Fsp3) is 0.875. The molecule has 0 unspecified atom stereocenters. The van der Waals surface area contributed by atoms with Crippen molar-refractivity contribution in [2.24, 2.45) is 5.92 Å². The standard InChI is InChI=1S/C8H13NO2/c1-2-11-7(10)8-5-6(8)3-4-9-8/h6,9H,2-5H2,1H3/t6-,8-/m1/s1. The van der Waals surface area contributed by atoms with E-state index in [4.69, 9.17) is 4.74 Å². The van der Waals surface area contributed by atoms with Crippen LogP contribution in [-0.2, 0) is 9.53 Å². The smallest absolute Gasteiger partial charge is 0.326 e. The maximum atomic E-state index is 11.3. The highest BCUT2D eigenvalue weighted by Gasteiger charge is 2.63. The van der Waals surface area contributed by atoms with Crippen LogP contribution < -0.4 is 5.32 Å². The molecule has 3 heteroatoms. The molecule has 0 radical (unpaired) electrons. The van der Waals surface area contributed by atoms with Crippen molar-refractivity contribution in [3.05, 3.63) is 0 Å². The van der Waals surface area contributed by atoms with Gasteiger partial charge in [-0.2, -0.15) is 0 Å². The predicted molar refractivity (Wildman–Crippen MR) is 40.1 cm³/mol. The topological polar surface area (TPSA) is 38.3 Å². The maximum absolute atomic E-state index is 11.3. The third-order valence-corrected chi connectivity index (χ3v) is 2.68. The molecule has 0 bridgehead atoms. The van der Waals surface area contributed by atoms with Gasteiger partial charge < -0.3 is 10.1 Å². The second kappa shape index (κ2) is 2.21. The van der Waals surface area contributed by atoms with Crippen LogP contribution in [0.4, 0.5) is 0 Å².